The predicted molar refractivity (Wildman–Crippen MR) is 86.8 cm³/mol. The second kappa shape index (κ2) is 5.24. The van der Waals surface area contributed by atoms with Crippen LogP contribution in [0.1, 0.15) is 31.9 Å². The van der Waals surface area contributed by atoms with E-state index in [4.69, 9.17) is 9.47 Å². The number of hydrogen-bond acceptors (Lipinski definition) is 4. The summed E-state index contributed by atoms with van der Waals surface area (Å²) in [5.74, 6) is -0.278. The van der Waals surface area contributed by atoms with Gasteiger partial charge in [0.1, 0.15) is 15.8 Å². The smallest absolute Gasteiger partial charge is 0.328 e. The fourth-order valence-corrected chi connectivity index (χ4v) is 3.12. The summed E-state index contributed by atoms with van der Waals surface area (Å²) in [5.41, 5.74) is 2.85. The molecule has 0 saturated carbocycles. The molecule has 1 aromatic carbocycles. The van der Waals surface area contributed by atoms with Crippen molar-refractivity contribution in [2.24, 2.45) is 0 Å². The van der Waals surface area contributed by atoms with Gasteiger partial charge in [0.15, 0.2) is 0 Å². The molecule has 1 aliphatic rings. The first-order chi connectivity index (χ1) is 9.83. The van der Waals surface area contributed by atoms with Crippen LogP contribution in [0.15, 0.2) is 12.1 Å². The highest BCUT2D eigenvalue weighted by molar-refractivity contribution is 14.1. The van der Waals surface area contributed by atoms with Gasteiger partial charge in [0.05, 0.1) is 18.7 Å². The van der Waals surface area contributed by atoms with Gasteiger partial charge in [-0.2, -0.15) is 5.10 Å². The Labute approximate surface area is 136 Å². The second-order valence-corrected chi connectivity index (χ2v) is 7.19. The van der Waals surface area contributed by atoms with Crippen LogP contribution in [0.4, 0.5) is 0 Å². The minimum Gasteiger partial charge on any atom is -0.459 e. The molecule has 0 aliphatic carbocycles. The van der Waals surface area contributed by atoms with Crippen molar-refractivity contribution in [3.8, 4) is 0 Å². The van der Waals surface area contributed by atoms with E-state index in [-0.39, 0.29) is 12.5 Å². The van der Waals surface area contributed by atoms with Gasteiger partial charge in [-0.1, -0.05) is 0 Å². The van der Waals surface area contributed by atoms with Crippen molar-refractivity contribution < 1.29 is 14.3 Å². The molecule has 0 saturated heterocycles. The zero-order chi connectivity index (χ0) is 15.2. The minimum atomic E-state index is -0.484. The maximum atomic E-state index is 12.0. The number of rotatable bonds is 2. The summed E-state index contributed by atoms with van der Waals surface area (Å²) in [5, 5.41) is 5.52. The van der Waals surface area contributed by atoms with Crippen molar-refractivity contribution >= 4 is 39.5 Å². The molecule has 0 spiro atoms. The molecule has 5 nitrogen and oxygen atoms in total. The zero-order valence-corrected chi connectivity index (χ0v) is 14.4. The van der Waals surface area contributed by atoms with Crippen LogP contribution < -0.4 is 0 Å². The number of carbonyl (C=O) groups is 1. The number of esters is 1. The Balaban J connectivity index is 1.94. The number of hydrogen-bond donors (Lipinski definition) is 0. The number of halogens is 1. The van der Waals surface area contributed by atoms with Gasteiger partial charge >= 0.3 is 5.97 Å². The van der Waals surface area contributed by atoms with Crippen LogP contribution in [0.5, 0.6) is 0 Å². The number of aromatic nitrogens is 2. The lowest BCUT2D eigenvalue weighted by Crippen LogP contribution is -2.26. The topological polar surface area (TPSA) is 53.4 Å². The highest BCUT2D eigenvalue weighted by Crippen LogP contribution is 2.28. The monoisotopic (exact) mass is 400 g/mol. The van der Waals surface area contributed by atoms with Crippen LogP contribution in [0.2, 0.25) is 0 Å². The number of carbonyl (C=O) groups excluding carboxylic acids is 1. The number of ether oxygens (including phenoxy) is 2. The first-order valence-corrected chi connectivity index (χ1v) is 7.89. The molecule has 2 aromatic rings. The summed E-state index contributed by atoms with van der Waals surface area (Å²) < 4.78 is 13.4. The van der Waals surface area contributed by atoms with Gasteiger partial charge in [0.2, 0.25) is 0 Å². The van der Waals surface area contributed by atoms with Crippen molar-refractivity contribution in [3.63, 3.8) is 0 Å². The second-order valence-electron chi connectivity index (χ2n) is 6.17. The Morgan fingerprint density at radius 1 is 1.38 bits per heavy atom. The normalized spacial score (nSPS) is 14.5. The average Bonchev–Trinajstić information content (AvgIpc) is 2.90. The fourth-order valence-electron chi connectivity index (χ4n) is 2.43. The van der Waals surface area contributed by atoms with Crippen LogP contribution in [-0.2, 0) is 34.0 Å². The maximum Gasteiger partial charge on any atom is 0.328 e. The van der Waals surface area contributed by atoms with Gasteiger partial charge < -0.3 is 9.47 Å². The standard InChI is InChI=1S/C15H17IN2O3/c1-15(2,3)21-13(19)6-18-12-5-10-8-20-7-9(10)4-11(12)14(16)17-18/h4-5H,6-8H2,1-3H3. The molecule has 21 heavy (non-hydrogen) atoms. The third-order valence-corrected chi connectivity index (χ3v) is 4.04. The quantitative estimate of drug-likeness (QED) is 0.575. The fraction of sp³-hybridized carbons (Fsp3) is 0.467. The number of benzene rings is 1. The van der Waals surface area contributed by atoms with Crippen LogP contribution in [-0.4, -0.2) is 21.4 Å². The molecule has 0 unspecified atom stereocenters. The Morgan fingerprint density at radius 3 is 2.71 bits per heavy atom. The van der Waals surface area contributed by atoms with Gasteiger partial charge in [0, 0.05) is 5.39 Å². The van der Waals surface area contributed by atoms with E-state index in [2.05, 4.69) is 39.8 Å². The summed E-state index contributed by atoms with van der Waals surface area (Å²) in [6, 6.07) is 4.18. The Hall–Kier alpha value is -1.15. The summed E-state index contributed by atoms with van der Waals surface area (Å²) in [6.07, 6.45) is 0. The SMILES string of the molecule is CC(C)(C)OC(=O)Cn1nc(I)c2cc3c(cc21)COC3. The van der Waals surface area contributed by atoms with Crippen LogP contribution in [0, 0.1) is 3.70 Å². The van der Waals surface area contributed by atoms with E-state index in [0.717, 1.165) is 14.6 Å². The van der Waals surface area contributed by atoms with E-state index < -0.39 is 5.60 Å². The Kier molecular flexibility index (Phi) is 3.69. The zero-order valence-electron chi connectivity index (χ0n) is 12.3. The van der Waals surface area contributed by atoms with Gasteiger partial charge in [-0.15, -0.1) is 0 Å². The Morgan fingerprint density at radius 2 is 2.05 bits per heavy atom. The molecule has 0 amide bonds. The number of fused-ring (bicyclic) bond motifs is 2. The molecule has 3 rings (SSSR count). The molecule has 1 aromatic heterocycles. The van der Waals surface area contributed by atoms with Gasteiger partial charge in [-0.3, -0.25) is 9.48 Å². The highest BCUT2D eigenvalue weighted by atomic mass is 127. The molecule has 0 atom stereocenters. The van der Waals surface area contributed by atoms with E-state index in [9.17, 15) is 4.79 Å². The Bertz CT molecular complexity index is 716. The third-order valence-electron chi connectivity index (χ3n) is 3.24. The van der Waals surface area contributed by atoms with E-state index in [1.54, 1.807) is 4.68 Å². The lowest BCUT2D eigenvalue weighted by molar-refractivity contribution is -0.155. The molecule has 0 bridgehead atoms. The molecule has 1 aliphatic heterocycles. The molecule has 2 heterocycles. The first-order valence-electron chi connectivity index (χ1n) is 6.81. The van der Waals surface area contributed by atoms with Crippen LogP contribution in [0.3, 0.4) is 0 Å². The summed E-state index contributed by atoms with van der Waals surface area (Å²) >= 11 is 2.19. The molecule has 112 valence electrons. The molecule has 0 radical (unpaired) electrons. The highest BCUT2D eigenvalue weighted by Gasteiger charge is 2.20. The van der Waals surface area contributed by atoms with Gasteiger partial charge in [-0.05, 0) is 66.6 Å². The first kappa shape index (κ1) is 14.8. The van der Waals surface area contributed by atoms with Crippen molar-refractivity contribution in [3.05, 3.63) is 27.0 Å². The van der Waals surface area contributed by atoms with Crippen molar-refractivity contribution in [1.29, 1.82) is 0 Å². The minimum absolute atomic E-state index is 0.121. The largest absolute Gasteiger partial charge is 0.459 e. The molecule has 0 N–H and O–H groups in total. The molecule has 0 fully saturated rings. The summed E-state index contributed by atoms with van der Waals surface area (Å²) in [7, 11) is 0. The summed E-state index contributed by atoms with van der Waals surface area (Å²) in [6.45, 7) is 6.98. The van der Waals surface area contributed by atoms with E-state index >= 15 is 0 Å². The third kappa shape index (κ3) is 3.06. The average molecular weight is 400 g/mol. The predicted octanol–water partition coefficient (Wildman–Crippen LogP) is 3.01. The molecular weight excluding hydrogens is 383 g/mol. The van der Waals surface area contributed by atoms with E-state index in [0.29, 0.717) is 13.2 Å². The van der Waals surface area contributed by atoms with Crippen molar-refractivity contribution in [1.82, 2.24) is 9.78 Å². The lowest BCUT2D eigenvalue weighted by atomic mass is 10.1. The van der Waals surface area contributed by atoms with Crippen LogP contribution >= 0.6 is 22.6 Å². The van der Waals surface area contributed by atoms with Crippen LogP contribution in [0.25, 0.3) is 10.9 Å². The van der Waals surface area contributed by atoms with E-state index in [1.807, 2.05) is 20.8 Å². The van der Waals surface area contributed by atoms with Crippen molar-refractivity contribution in [2.45, 2.75) is 46.1 Å². The summed E-state index contributed by atoms with van der Waals surface area (Å²) in [4.78, 5) is 12.0. The van der Waals surface area contributed by atoms with E-state index in [1.165, 1.54) is 11.1 Å². The maximum absolute atomic E-state index is 12.0. The lowest BCUT2D eigenvalue weighted by Gasteiger charge is -2.19. The van der Waals surface area contributed by atoms with Gasteiger partial charge in [0.25, 0.3) is 0 Å². The molecule has 6 heteroatoms. The van der Waals surface area contributed by atoms with Gasteiger partial charge in [-0.25, -0.2) is 0 Å². The van der Waals surface area contributed by atoms with Crippen molar-refractivity contribution in [2.75, 3.05) is 0 Å². The number of nitrogens with zero attached hydrogens (tertiary/aromatic N) is 2. The molecular formula is C15H17IN2O3.